The molecule has 1 aliphatic heterocycles. The van der Waals surface area contributed by atoms with Crippen molar-refractivity contribution in [3.63, 3.8) is 0 Å². The fourth-order valence-corrected chi connectivity index (χ4v) is 4.89. The molecule has 1 aromatic rings. The summed E-state index contributed by atoms with van der Waals surface area (Å²) in [7, 11) is 0. The third-order valence-electron chi connectivity index (χ3n) is 6.17. The molecule has 2 bridgehead atoms. The second-order valence-electron chi connectivity index (χ2n) is 7.66. The summed E-state index contributed by atoms with van der Waals surface area (Å²) in [6, 6.07) is 0.238. The fraction of sp³-hybridized carbons (Fsp3) is 0.824. The number of nitrogens with one attached hydrogen (secondary N) is 1. The zero-order valence-electron chi connectivity index (χ0n) is 14.7. The number of carbonyl (C=O) groups is 1. The zero-order chi connectivity index (χ0) is 16.0. The number of halogens is 2. The lowest BCUT2D eigenvalue weighted by Crippen LogP contribution is -2.49. The van der Waals surface area contributed by atoms with Gasteiger partial charge in [0, 0.05) is 24.9 Å². The lowest BCUT2D eigenvalue weighted by molar-refractivity contribution is -0.128. The summed E-state index contributed by atoms with van der Waals surface area (Å²) in [5.74, 6) is 3.32. The molecule has 0 saturated heterocycles. The van der Waals surface area contributed by atoms with Crippen LogP contribution in [0.2, 0.25) is 0 Å². The molecule has 6 nitrogen and oxygen atoms in total. The fourth-order valence-electron chi connectivity index (χ4n) is 4.89. The van der Waals surface area contributed by atoms with E-state index >= 15 is 0 Å². The van der Waals surface area contributed by atoms with Gasteiger partial charge in [0.25, 0.3) is 0 Å². The highest BCUT2D eigenvalue weighted by molar-refractivity contribution is 5.85. The van der Waals surface area contributed by atoms with Crippen LogP contribution in [0.5, 0.6) is 0 Å². The maximum atomic E-state index is 12.7. The number of nitrogens with two attached hydrogens (primary N) is 1. The smallest absolute Gasteiger partial charge is 0.223 e. The summed E-state index contributed by atoms with van der Waals surface area (Å²) in [6.07, 6.45) is 7.69. The van der Waals surface area contributed by atoms with Gasteiger partial charge in [-0.1, -0.05) is 6.42 Å². The van der Waals surface area contributed by atoms with Crippen molar-refractivity contribution >= 4 is 30.7 Å². The zero-order valence-corrected chi connectivity index (χ0v) is 16.3. The molecule has 3 aliphatic rings. The second kappa shape index (κ2) is 8.23. The van der Waals surface area contributed by atoms with Crippen LogP contribution in [-0.2, 0) is 17.8 Å². The molecule has 1 aromatic heterocycles. The lowest BCUT2D eigenvalue weighted by Gasteiger charge is -2.43. The van der Waals surface area contributed by atoms with E-state index < -0.39 is 0 Å². The molecule has 2 aliphatic carbocycles. The van der Waals surface area contributed by atoms with Gasteiger partial charge >= 0.3 is 0 Å². The van der Waals surface area contributed by atoms with Crippen LogP contribution < -0.4 is 11.1 Å². The van der Waals surface area contributed by atoms with E-state index in [1.54, 1.807) is 0 Å². The molecule has 2 fully saturated rings. The Hall–Kier alpha value is -0.850. The summed E-state index contributed by atoms with van der Waals surface area (Å²) in [4.78, 5) is 12.7. The molecular weight excluding hydrogens is 361 g/mol. The largest absolute Gasteiger partial charge is 0.346 e. The Bertz CT molecular complexity index is 594. The molecule has 3 N–H and O–H groups in total. The topological polar surface area (TPSA) is 85.8 Å². The average molecular weight is 390 g/mol. The summed E-state index contributed by atoms with van der Waals surface area (Å²) in [5, 5.41) is 11.7. The molecule has 4 rings (SSSR count). The van der Waals surface area contributed by atoms with E-state index in [0.29, 0.717) is 17.9 Å². The van der Waals surface area contributed by atoms with Crippen LogP contribution >= 0.6 is 24.8 Å². The van der Waals surface area contributed by atoms with Gasteiger partial charge in [-0.3, -0.25) is 4.79 Å². The third kappa shape index (κ3) is 3.81. The highest BCUT2D eigenvalue weighted by Crippen LogP contribution is 2.42. The summed E-state index contributed by atoms with van der Waals surface area (Å²) in [6.45, 7) is 2.99. The molecule has 2 heterocycles. The Kier molecular flexibility index (Phi) is 6.74. The van der Waals surface area contributed by atoms with E-state index in [1.807, 2.05) is 6.92 Å². The van der Waals surface area contributed by atoms with Crippen molar-refractivity contribution in [2.75, 3.05) is 0 Å². The highest BCUT2D eigenvalue weighted by atomic mass is 35.5. The third-order valence-corrected chi connectivity index (χ3v) is 6.17. The van der Waals surface area contributed by atoms with Crippen LogP contribution in [0.3, 0.4) is 0 Å². The van der Waals surface area contributed by atoms with Crippen LogP contribution in [0, 0.1) is 17.8 Å². The van der Waals surface area contributed by atoms with Gasteiger partial charge in [0.1, 0.15) is 5.82 Å². The van der Waals surface area contributed by atoms with E-state index in [2.05, 4.69) is 20.1 Å². The molecular formula is C17H29Cl2N5O. The van der Waals surface area contributed by atoms with Crippen molar-refractivity contribution in [1.82, 2.24) is 20.1 Å². The molecule has 3 unspecified atom stereocenters. The molecule has 3 atom stereocenters. The van der Waals surface area contributed by atoms with Crippen LogP contribution in [0.25, 0.3) is 0 Å². The minimum Gasteiger partial charge on any atom is -0.346 e. The monoisotopic (exact) mass is 389 g/mol. The predicted molar refractivity (Wildman–Crippen MR) is 101 cm³/mol. The Morgan fingerprint density at radius 2 is 1.88 bits per heavy atom. The lowest BCUT2D eigenvalue weighted by atomic mass is 9.65. The number of carbonyl (C=O) groups excluding carboxylic acids is 1. The molecule has 0 spiro atoms. The first-order valence-corrected chi connectivity index (χ1v) is 9.11. The standard InChI is InChI=1S/C17H27N5O.2ClH/c1-10(16-21-20-14-6-3-7-22(14)16)19-17(23)13-8-11-4-2-5-12(9-13)15(11)18;;/h10-13,15H,2-9,18H2,1H3,(H,19,23);2*1H. The SMILES string of the molecule is CC(NC(=O)C1CC2CCCC(C1)C2N)c1nnc2n1CCC2.Cl.Cl. The first-order chi connectivity index (χ1) is 11.1. The molecule has 142 valence electrons. The first-order valence-electron chi connectivity index (χ1n) is 9.11. The number of fused-ring (bicyclic) bond motifs is 3. The summed E-state index contributed by atoms with van der Waals surface area (Å²) in [5.41, 5.74) is 6.33. The van der Waals surface area contributed by atoms with Crippen molar-refractivity contribution in [2.24, 2.45) is 23.5 Å². The molecule has 25 heavy (non-hydrogen) atoms. The van der Waals surface area contributed by atoms with Gasteiger partial charge in [-0.25, -0.2) is 0 Å². The van der Waals surface area contributed by atoms with Gasteiger partial charge in [0.15, 0.2) is 5.82 Å². The quantitative estimate of drug-likeness (QED) is 0.830. The van der Waals surface area contributed by atoms with Gasteiger partial charge in [0.05, 0.1) is 6.04 Å². The minimum absolute atomic E-state index is 0. The number of hydrogen-bond acceptors (Lipinski definition) is 4. The van der Waals surface area contributed by atoms with E-state index in [1.165, 1.54) is 19.3 Å². The Morgan fingerprint density at radius 3 is 2.56 bits per heavy atom. The van der Waals surface area contributed by atoms with Crippen molar-refractivity contribution in [3.05, 3.63) is 11.6 Å². The van der Waals surface area contributed by atoms with E-state index in [9.17, 15) is 4.79 Å². The van der Waals surface area contributed by atoms with Crippen molar-refractivity contribution in [3.8, 4) is 0 Å². The summed E-state index contributed by atoms with van der Waals surface area (Å²) >= 11 is 0. The minimum atomic E-state index is -0.0720. The van der Waals surface area contributed by atoms with Crippen LogP contribution in [0.4, 0.5) is 0 Å². The number of rotatable bonds is 3. The van der Waals surface area contributed by atoms with Crippen molar-refractivity contribution in [2.45, 2.75) is 70.5 Å². The average Bonchev–Trinajstić information content (AvgIpc) is 3.09. The maximum Gasteiger partial charge on any atom is 0.223 e. The van der Waals surface area contributed by atoms with Crippen molar-refractivity contribution < 1.29 is 4.79 Å². The van der Waals surface area contributed by atoms with Crippen LogP contribution in [0.15, 0.2) is 0 Å². The number of nitrogens with zero attached hydrogens (tertiary/aromatic N) is 3. The number of hydrogen-bond donors (Lipinski definition) is 2. The Balaban J connectivity index is 0.00000113. The van der Waals surface area contributed by atoms with Gasteiger partial charge in [-0.05, 0) is 50.9 Å². The first kappa shape index (κ1) is 20.5. The van der Waals surface area contributed by atoms with Gasteiger partial charge < -0.3 is 15.6 Å². The molecule has 0 aromatic carbocycles. The van der Waals surface area contributed by atoms with E-state index in [4.69, 9.17) is 5.73 Å². The Morgan fingerprint density at radius 1 is 1.20 bits per heavy atom. The van der Waals surface area contributed by atoms with Gasteiger partial charge in [0.2, 0.25) is 5.91 Å². The Labute approximate surface area is 161 Å². The molecule has 8 heteroatoms. The van der Waals surface area contributed by atoms with Crippen molar-refractivity contribution in [1.29, 1.82) is 0 Å². The highest BCUT2D eigenvalue weighted by Gasteiger charge is 2.40. The van der Waals surface area contributed by atoms with E-state index in [0.717, 1.165) is 43.9 Å². The molecule has 2 saturated carbocycles. The number of amides is 1. The van der Waals surface area contributed by atoms with Crippen LogP contribution in [-0.4, -0.2) is 26.7 Å². The maximum absolute atomic E-state index is 12.7. The normalized spacial score (nSPS) is 31.3. The molecule has 0 radical (unpaired) electrons. The summed E-state index contributed by atoms with van der Waals surface area (Å²) < 4.78 is 2.16. The second-order valence-corrected chi connectivity index (χ2v) is 7.66. The number of aromatic nitrogens is 3. The van der Waals surface area contributed by atoms with Crippen LogP contribution in [0.1, 0.15) is 63.1 Å². The van der Waals surface area contributed by atoms with E-state index in [-0.39, 0.29) is 42.7 Å². The molecule has 1 amide bonds. The predicted octanol–water partition coefficient (Wildman–Crippen LogP) is 2.40. The number of aryl methyl sites for hydroxylation is 1. The van der Waals surface area contributed by atoms with Gasteiger partial charge in [-0.2, -0.15) is 0 Å². The van der Waals surface area contributed by atoms with Gasteiger partial charge in [-0.15, -0.1) is 35.0 Å².